The Balaban J connectivity index is 0.000000207. The first kappa shape index (κ1) is 74.3. The molecule has 0 N–H and O–H groups in total. The molecule has 630 valence electrons. The van der Waals surface area contributed by atoms with Crippen molar-refractivity contribution in [2.45, 2.75) is 178 Å². The number of para-hydroxylation sites is 7. The molecule has 123 heavy (non-hydrogen) atoms. The molecule has 2 aliphatic heterocycles. The Labute approximate surface area is 771 Å². The van der Waals surface area contributed by atoms with E-state index in [1.807, 2.05) is 122 Å². The summed E-state index contributed by atoms with van der Waals surface area (Å²) in [5, 5.41) is 4.29. The number of aromatic nitrogens is 4. The third-order valence-corrected chi connectivity index (χ3v) is 23.4. The molecule has 0 saturated heterocycles. The Kier molecular flexibility index (Phi) is 20.0. The van der Waals surface area contributed by atoms with Gasteiger partial charge in [-0.25, -0.2) is 9.97 Å². The summed E-state index contributed by atoms with van der Waals surface area (Å²) in [4.78, 5) is 18.1. The molecule has 18 rings (SSSR count). The van der Waals surface area contributed by atoms with Crippen LogP contribution in [0, 0.1) is 58.4 Å². The van der Waals surface area contributed by atoms with Crippen LogP contribution in [0.25, 0.3) is 77.5 Å². The Hall–Kier alpha value is -11.3. The van der Waals surface area contributed by atoms with Gasteiger partial charge in [0.05, 0.1) is 13.7 Å². The van der Waals surface area contributed by atoms with Crippen LogP contribution in [-0.4, -0.2) is 19.1 Å². The number of nitrogens with zero attached hydrogens (tertiary/aromatic N) is 8. The van der Waals surface area contributed by atoms with Crippen LogP contribution in [0.15, 0.2) is 261 Å². The predicted octanol–water partition coefficient (Wildman–Crippen LogP) is 30.0. The molecule has 0 saturated carbocycles. The van der Waals surface area contributed by atoms with Gasteiger partial charge >= 0.3 is 0 Å². The quantitative estimate of drug-likeness (QED) is 0.112. The number of fused-ring (bicyclic) bond motifs is 8. The summed E-state index contributed by atoms with van der Waals surface area (Å²) in [5.41, 5.74) is 18.7. The number of pyridine rings is 2. The second-order valence-corrected chi connectivity index (χ2v) is 38.0. The second-order valence-electron chi connectivity index (χ2n) is 38.0. The molecular weight excluding hydrogens is 1870 g/mol. The predicted molar refractivity (Wildman–Crippen MR) is 506 cm³/mol. The Morgan fingerprint density at radius 2 is 0.683 bits per heavy atom. The standard InChI is InChI=1S/C59H53N4O.C52H55N4O.2Pt/c1-38-39(2)55(41-20-12-10-13-21-41)57(56(40(38)3)42-22-14-11-15-23-42)62-37-61(51-26-18-19-27-52(51)62)45-32-44(59(7,8)9)33-47(35-45)64-46-28-29-49-48-24-16-17-25-50(48)63(53(49)36-46)54-34-43(30-31-60-54)58(4,5)6;1-49(2,3)34-26-27-53-47(30-34)56-43-21-14-13-18-39(43)40-25-24-37(32-46(40)56)57-38-29-35(50(4,5)6)28-36(31-38)54-33-55(45-23-16-15-22-44(45)54)48-41(51(7,8)9)19-17-20-42(48)52(10,11)12;;/h10-34,37H,1-9H3;13-30,33H,1-12H3;;/q2*-3;;/i10D,11D,12D,13D,14D,15D,20D,21D,22D,23D;;;. The molecule has 0 bridgehead atoms. The zero-order valence-electron chi connectivity index (χ0n) is 83.7. The van der Waals surface area contributed by atoms with Gasteiger partial charge in [0.1, 0.15) is 11.6 Å². The Morgan fingerprint density at radius 1 is 0.325 bits per heavy atom. The summed E-state index contributed by atoms with van der Waals surface area (Å²) in [7, 11) is 0. The van der Waals surface area contributed by atoms with Crippen molar-refractivity contribution in [3.8, 4) is 56.9 Å². The van der Waals surface area contributed by atoms with Crippen LogP contribution in [-0.2, 0) is 74.6 Å². The zero-order chi connectivity index (χ0) is 93.9. The average molecular weight is 1990 g/mol. The molecule has 6 heterocycles. The van der Waals surface area contributed by atoms with E-state index in [0.29, 0.717) is 56.8 Å². The maximum atomic E-state index is 9.30. The Morgan fingerprint density at radius 3 is 1.06 bits per heavy atom. The van der Waals surface area contributed by atoms with Crippen molar-refractivity contribution < 1.29 is 65.3 Å². The van der Waals surface area contributed by atoms with E-state index in [-0.39, 0.29) is 97.1 Å². The first-order valence-electron chi connectivity index (χ1n) is 46.5. The molecular formula is C111H108N8O2Pt2-6. The fourth-order valence-corrected chi connectivity index (χ4v) is 16.6. The first-order chi connectivity index (χ1) is 61.7. The third kappa shape index (κ3) is 16.6. The molecule has 12 aromatic carbocycles. The number of hydrogen-bond acceptors (Lipinski definition) is 8. The number of ether oxygens (including phenoxy) is 2. The molecule has 12 heteroatoms. The van der Waals surface area contributed by atoms with Gasteiger partial charge < -0.3 is 38.2 Å². The van der Waals surface area contributed by atoms with Crippen molar-refractivity contribution >= 4 is 89.1 Å². The van der Waals surface area contributed by atoms with E-state index >= 15 is 0 Å². The minimum absolute atomic E-state index is 0. The molecule has 0 aliphatic carbocycles. The van der Waals surface area contributed by atoms with Crippen LogP contribution in [0.4, 0.5) is 45.5 Å². The van der Waals surface area contributed by atoms with Gasteiger partial charge in [-0.05, 0) is 175 Å². The fourth-order valence-electron chi connectivity index (χ4n) is 16.6. The largest absolute Gasteiger partial charge is 0.509 e. The molecule has 4 aromatic heterocycles. The number of hydrogen-bond donors (Lipinski definition) is 0. The molecule has 0 amide bonds. The molecule has 16 aromatic rings. The van der Waals surface area contributed by atoms with Gasteiger partial charge in [0, 0.05) is 134 Å². The van der Waals surface area contributed by atoms with E-state index < -0.39 is 65.8 Å². The summed E-state index contributed by atoms with van der Waals surface area (Å²) in [5.74, 6) is 3.74. The molecule has 0 atom stereocenters. The molecule has 0 fully saturated rings. The summed E-state index contributed by atoms with van der Waals surface area (Å²) in [6.45, 7) is 49.6. The van der Waals surface area contributed by atoms with Gasteiger partial charge in [0.25, 0.3) is 0 Å². The SMILES string of the molecule is CC(C)(C)c1cc(Oc2[c-]c3c(cc2)c2ccccc2n3-c2cc(C(C)(C)C)ccn2)[c-]c(N2[CH-]N(c3c(C(C)(C)C)cccc3C(C)(C)C)c3ccccc32)c1.[2H]c1c([2H])c([2H])c(-c2c(C)c(C)c(C)c(-c3c([2H])c([2H])c([2H])c([2H])c3[2H])c2N2[CH-]N(c3[c-]c(Oc4[c-]c5c(cc4)c4ccccc4n5-c4cc(C(C)(C)C)ccn4)cc(C(C)(C)C)c3)c3ccccc32)c([2H])c1[2H].[Pt].[Pt]. The molecule has 10 nitrogen and oxygen atoms in total. The maximum Gasteiger partial charge on any atom is 0.135 e. The van der Waals surface area contributed by atoms with E-state index in [1.54, 1.807) is 0 Å². The first-order valence-corrected chi connectivity index (χ1v) is 41.5. The van der Waals surface area contributed by atoms with Crippen molar-refractivity contribution in [1.29, 1.82) is 0 Å². The van der Waals surface area contributed by atoms with E-state index in [1.165, 1.54) is 22.4 Å². The Bertz CT molecular complexity index is 7160. The summed E-state index contributed by atoms with van der Waals surface area (Å²) >= 11 is 0. The van der Waals surface area contributed by atoms with Crippen molar-refractivity contribution in [1.82, 2.24) is 19.1 Å². The van der Waals surface area contributed by atoms with Crippen molar-refractivity contribution in [3.63, 3.8) is 0 Å². The van der Waals surface area contributed by atoms with E-state index in [9.17, 15) is 5.48 Å². The van der Waals surface area contributed by atoms with Crippen molar-refractivity contribution in [2.24, 2.45) is 0 Å². The average Bonchev–Trinajstić information content (AvgIpc) is 1.44. The van der Waals surface area contributed by atoms with Gasteiger partial charge in [-0.15, -0.1) is 107 Å². The topological polar surface area (TPSA) is 67.1 Å². The second kappa shape index (κ2) is 33.1. The molecule has 0 unspecified atom stereocenters. The van der Waals surface area contributed by atoms with Crippen molar-refractivity contribution in [3.05, 3.63) is 349 Å². The van der Waals surface area contributed by atoms with Crippen LogP contribution >= 0.6 is 0 Å². The van der Waals surface area contributed by atoms with E-state index in [0.717, 1.165) is 89.0 Å². The van der Waals surface area contributed by atoms with E-state index in [2.05, 4.69) is 290 Å². The number of rotatable bonds is 12. The van der Waals surface area contributed by atoms with Crippen molar-refractivity contribution in [2.75, 3.05) is 19.6 Å². The van der Waals surface area contributed by atoms with Gasteiger partial charge in [0.15, 0.2) is 0 Å². The minimum Gasteiger partial charge on any atom is -0.509 e. The third-order valence-electron chi connectivity index (χ3n) is 23.4. The van der Waals surface area contributed by atoms with Crippen LogP contribution < -0.4 is 29.1 Å². The zero-order valence-corrected chi connectivity index (χ0v) is 78.3. The maximum absolute atomic E-state index is 9.30. The van der Waals surface area contributed by atoms with Gasteiger partial charge in [-0.3, -0.25) is 0 Å². The summed E-state index contributed by atoms with van der Waals surface area (Å²) < 4.78 is 107. The monoisotopic (exact) mass is 1980 g/mol. The molecule has 0 spiro atoms. The number of anilines is 8. The van der Waals surface area contributed by atoms with Gasteiger partial charge in [0.2, 0.25) is 0 Å². The van der Waals surface area contributed by atoms with E-state index in [4.69, 9.17) is 27.7 Å². The van der Waals surface area contributed by atoms with Crippen LogP contribution in [0.1, 0.15) is 188 Å². The fraction of sp³-hybridized carbons (Fsp3) is 0.243. The summed E-state index contributed by atoms with van der Waals surface area (Å²) in [6.07, 6.45) is 3.75. The van der Waals surface area contributed by atoms with Crippen LogP contribution in [0.2, 0.25) is 0 Å². The molecule has 0 radical (unpaired) electrons. The normalized spacial score (nSPS) is 14.3. The van der Waals surface area contributed by atoms with Crippen LogP contribution in [0.3, 0.4) is 0 Å². The van der Waals surface area contributed by atoms with Gasteiger partial charge in [-0.1, -0.05) is 275 Å². The minimum atomic E-state index is -0.558. The van der Waals surface area contributed by atoms with Gasteiger partial charge in [-0.2, -0.15) is 12.1 Å². The smallest absolute Gasteiger partial charge is 0.135 e. The number of benzene rings is 12. The van der Waals surface area contributed by atoms with Crippen LogP contribution in [0.5, 0.6) is 23.0 Å². The molecule has 2 aliphatic rings. The summed E-state index contributed by atoms with van der Waals surface area (Å²) in [6, 6.07) is 74.1.